The lowest BCUT2D eigenvalue weighted by Gasteiger charge is -2.30. The second-order valence-corrected chi connectivity index (χ2v) is 11.2. The van der Waals surface area contributed by atoms with Gasteiger partial charge in [-0.05, 0) is 65.8 Å². The molecule has 194 valence electrons. The van der Waals surface area contributed by atoms with Crippen LogP contribution in [0.2, 0.25) is 0 Å². The first-order valence-electron chi connectivity index (χ1n) is 10.2. The standard InChI is InChI=1S/C21H27F3N3O7P/c1-19(2,3)33-17(28)27(18(29)34-20(4,5)6)16-8-7-14(11-15(16)21(22,23)24)26-10-9-13(25-26)12-35(30,31)32/h7-11H,12H2,1-6H3,(H2,30,31,32). The Morgan fingerprint density at radius 2 is 1.51 bits per heavy atom. The zero-order valence-electron chi connectivity index (χ0n) is 20.0. The number of carbonyl (C=O) groups excluding carboxylic acids is 2. The number of alkyl halides is 3. The maximum absolute atomic E-state index is 14.1. The second-order valence-electron chi connectivity index (χ2n) is 9.57. The van der Waals surface area contributed by atoms with Crippen molar-refractivity contribution < 1.29 is 46.6 Å². The molecule has 0 spiro atoms. The van der Waals surface area contributed by atoms with Crippen molar-refractivity contribution in [3.05, 3.63) is 41.7 Å². The lowest BCUT2D eigenvalue weighted by atomic mass is 10.1. The molecule has 0 saturated heterocycles. The van der Waals surface area contributed by atoms with Crippen molar-refractivity contribution in [1.82, 2.24) is 9.78 Å². The van der Waals surface area contributed by atoms with Gasteiger partial charge in [0.15, 0.2) is 0 Å². The molecule has 0 radical (unpaired) electrons. The van der Waals surface area contributed by atoms with Gasteiger partial charge in [0.05, 0.1) is 28.8 Å². The number of aromatic nitrogens is 2. The first-order chi connectivity index (χ1) is 15.7. The number of hydrogen-bond acceptors (Lipinski definition) is 6. The molecule has 35 heavy (non-hydrogen) atoms. The summed E-state index contributed by atoms with van der Waals surface area (Å²) in [5.74, 6) is 0. The monoisotopic (exact) mass is 521 g/mol. The number of carbonyl (C=O) groups is 2. The predicted octanol–water partition coefficient (Wildman–Crippen LogP) is 5.25. The van der Waals surface area contributed by atoms with Crippen LogP contribution in [0.15, 0.2) is 30.5 Å². The van der Waals surface area contributed by atoms with E-state index in [1.807, 2.05) is 0 Å². The molecule has 0 aliphatic heterocycles. The van der Waals surface area contributed by atoms with Crippen LogP contribution in [-0.2, 0) is 26.4 Å². The Bertz CT molecular complexity index is 1120. The normalized spacial score (nSPS) is 12.9. The number of hydrogen-bond donors (Lipinski definition) is 2. The van der Waals surface area contributed by atoms with E-state index in [0.29, 0.717) is 6.07 Å². The minimum absolute atomic E-state index is 0.0416. The van der Waals surface area contributed by atoms with E-state index in [-0.39, 0.29) is 16.3 Å². The third-order valence-electron chi connectivity index (χ3n) is 3.96. The molecule has 2 aromatic rings. The number of anilines is 1. The molecule has 0 saturated carbocycles. The van der Waals surface area contributed by atoms with Crippen LogP contribution < -0.4 is 4.90 Å². The molecule has 1 aromatic carbocycles. The van der Waals surface area contributed by atoms with Gasteiger partial charge >= 0.3 is 26.0 Å². The molecule has 1 aromatic heterocycles. The van der Waals surface area contributed by atoms with Gasteiger partial charge in [0.2, 0.25) is 0 Å². The highest BCUT2D eigenvalue weighted by Crippen LogP contribution is 2.40. The van der Waals surface area contributed by atoms with E-state index in [4.69, 9.17) is 19.3 Å². The topological polar surface area (TPSA) is 131 Å². The van der Waals surface area contributed by atoms with Crippen molar-refractivity contribution in [1.29, 1.82) is 0 Å². The summed E-state index contributed by atoms with van der Waals surface area (Å²) in [6, 6.07) is 3.93. The average molecular weight is 521 g/mol. The van der Waals surface area contributed by atoms with Crippen molar-refractivity contribution >= 4 is 25.5 Å². The van der Waals surface area contributed by atoms with Crippen LogP contribution in [0, 0.1) is 0 Å². The summed E-state index contributed by atoms with van der Waals surface area (Å²) in [4.78, 5) is 43.9. The molecule has 0 aliphatic rings. The van der Waals surface area contributed by atoms with Gasteiger partial charge in [0.25, 0.3) is 0 Å². The van der Waals surface area contributed by atoms with E-state index in [0.717, 1.165) is 16.8 Å². The van der Waals surface area contributed by atoms with Gasteiger partial charge in [-0.2, -0.15) is 23.2 Å². The highest BCUT2D eigenvalue weighted by atomic mass is 31.2. The van der Waals surface area contributed by atoms with E-state index in [1.54, 1.807) is 0 Å². The largest absolute Gasteiger partial charge is 0.443 e. The van der Waals surface area contributed by atoms with Crippen LogP contribution in [0.3, 0.4) is 0 Å². The molecule has 0 aliphatic carbocycles. The zero-order valence-corrected chi connectivity index (χ0v) is 20.8. The predicted molar refractivity (Wildman–Crippen MR) is 119 cm³/mol. The van der Waals surface area contributed by atoms with Gasteiger partial charge in [-0.3, -0.25) is 4.57 Å². The van der Waals surface area contributed by atoms with E-state index in [2.05, 4.69) is 5.10 Å². The average Bonchev–Trinajstić information content (AvgIpc) is 3.04. The molecule has 0 unspecified atom stereocenters. The first kappa shape index (κ1) is 28.3. The Hall–Kier alpha value is -2.89. The smallest absolute Gasteiger partial charge is 0.424 e. The zero-order chi connectivity index (χ0) is 27.0. The van der Waals surface area contributed by atoms with Gasteiger partial charge in [0, 0.05) is 6.20 Å². The van der Waals surface area contributed by atoms with Crippen molar-refractivity contribution in [2.24, 2.45) is 0 Å². The highest BCUT2D eigenvalue weighted by molar-refractivity contribution is 7.50. The van der Waals surface area contributed by atoms with Gasteiger partial charge in [0.1, 0.15) is 11.2 Å². The van der Waals surface area contributed by atoms with Crippen molar-refractivity contribution in [2.45, 2.75) is 65.1 Å². The Morgan fingerprint density at radius 1 is 1.00 bits per heavy atom. The Labute approximate surface area is 199 Å². The first-order valence-corrected chi connectivity index (χ1v) is 12.0. The number of rotatable bonds is 4. The van der Waals surface area contributed by atoms with Gasteiger partial charge in [-0.25, -0.2) is 14.3 Å². The van der Waals surface area contributed by atoms with Crippen molar-refractivity contribution in [3.63, 3.8) is 0 Å². The molecule has 0 atom stereocenters. The summed E-state index contributed by atoms with van der Waals surface area (Å²) in [7, 11) is -4.45. The third-order valence-corrected chi connectivity index (χ3v) is 4.69. The molecule has 10 nitrogen and oxygen atoms in total. The number of imide groups is 1. The summed E-state index contributed by atoms with van der Waals surface area (Å²) in [5.41, 5.74) is -4.61. The quantitative estimate of drug-likeness (QED) is 0.522. The molecule has 2 N–H and O–H groups in total. The number of halogens is 3. The molecule has 0 bridgehead atoms. The SMILES string of the molecule is CC(C)(C)OC(=O)N(C(=O)OC(C)(C)C)c1ccc(-n2ccc(CP(=O)(O)O)n2)cc1C(F)(F)F. The fraction of sp³-hybridized carbons (Fsp3) is 0.476. The van der Waals surface area contributed by atoms with E-state index in [1.165, 1.54) is 53.8 Å². The highest BCUT2D eigenvalue weighted by Gasteiger charge is 2.41. The minimum Gasteiger partial charge on any atom is -0.443 e. The molecular weight excluding hydrogens is 494 g/mol. The van der Waals surface area contributed by atoms with E-state index in [9.17, 15) is 27.3 Å². The summed E-state index contributed by atoms with van der Waals surface area (Å²) in [5, 5.41) is 3.89. The number of ether oxygens (including phenoxy) is 2. The Kier molecular flexibility index (Phi) is 7.80. The van der Waals surface area contributed by atoms with Gasteiger partial charge in [-0.15, -0.1) is 0 Å². The second kappa shape index (κ2) is 9.63. The van der Waals surface area contributed by atoms with Crippen molar-refractivity contribution in [2.75, 3.05) is 4.90 Å². The molecule has 1 heterocycles. The molecule has 14 heteroatoms. The van der Waals surface area contributed by atoms with Crippen LogP contribution in [0.4, 0.5) is 28.4 Å². The summed E-state index contributed by atoms with van der Waals surface area (Å²) in [6.45, 7) is 8.91. The van der Waals surface area contributed by atoms with E-state index < -0.39 is 54.6 Å². The maximum atomic E-state index is 14.1. The van der Waals surface area contributed by atoms with Crippen LogP contribution in [0.5, 0.6) is 0 Å². The van der Waals surface area contributed by atoms with Crippen LogP contribution in [0.1, 0.15) is 52.8 Å². The molecule has 2 rings (SSSR count). The number of amides is 2. The molecular formula is C21H27F3N3O7P. The van der Waals surface area contributed by atoms with Crippen LogP contribution >= 0.6 is 7.60 Å². The maximum Gasteiger partial charge on any atom is 0.424 e. The van der Waals surface area contributed by atoms with Crippen molar-refractivity contribution in [3.8, 4) is 5.69 Å². The molecule has 2 amide bonds. The summed E-state index contributed by atoms with van der Waals surface area (Å²) >= 11 is 0. The van der Waals surface area contributed by atoms with Crippen LogP contribution in [0.25, 0.3) is 5.69 Å². The lowest BCUT2D eigenvalue weighted by molar-refractivity contribution is -0.137. The Morgan fingerprint density at radius 3 is 1.94 bits per heavy atom. The van der Waals surface area contributed by atoms with Gasteiger partial charge in [-0.1, -0.05) is 0 Å². The lowest BCUT2D eigenvalue weighted by Crippen LogP contribution is -2.44. The minimum atomic E-state index is -5.02. The molecule has 0 fully saturated rings. The number of nitrogens with zero attached hydrogens (tertiary/aromatic N) is 3. The fourth-order valence-corrected chi connectivity index (χ4v) is 3.37. The van der Waals surface area contributed by atoms with Crippen LogP contribution in [-0.4, -0.2) is 43.0 Å². The fourth-order valence-electron chi connectivity index (χ4n) is 2.78. The summed E-state index contributed by atoms with van der Waals surface area (Å²) in [6.07, 6.45) is -7.23. The number of benzene rings is 1. The van der Waals surface area contributed by atoms with E-state index >= 15 is 0 Å². The third kappa shape index (κ3) is 8.37. The van der Waals surface area contributed by atoms with Gasteiger partial charge < -0.3 is 19.3 Å². The Balaban J connectivity index is 2.62. The summed E-state index contributed by atoms with van der Waals surface area (Å²) < 4.78 is 64.7.